The molecule has 1 aliphatic rings. The lowest BCUT2D eigenvalue weighted by molar-refractivity contribution is -0.127. The van der Waals surface area contributed by atoms with Gasteiger partial charge < -0.3 is 15.5 Å². The molecule has 0 bridgehead atoms. The summed E-state index contributed by atoms with van der Waals surface area (Å²) in [6.45, 7) is 4.09. The Kier molecular flexibility index (Phi) is 3.84. The van der Waals surface area contributed by atoms with E-state index < -0.39 is 6.04 Å². The second kappa shape index (κ2) is 5.40. The van der Waals surface area contributed by atoms with E-state index in [2.05, 4.69) is 10.6 Å². The summed E-state index contributed by atoms with van der Waals surface area (Å²) < 4.78 is 0. The Morgan fingerprint density at radius 3 is 2.89 bits per heavy atom. The largest absolute Gasteiger partial charge is 0.353 e. The maximum absolute atomic E-state index is 12.3. The van der Waals surface area contributed by atoms with Gasteiger partial charge in [-0.05, 0) is 19.1 Å². The highest BCUT2D eigenvalue weighted by Gasteiger charge is 2.30. The van der Waals surface area contributed by atoms with Gasteiger partial charge in [-0.3, -0.25) is 14.4 Å². The Labute approximate surface area is 114 Å². The summed E-state index contributed by atoms with van der Waals surface area (Å²) in [6, 6.07) is 2.89. The normalized spacial score (nSPS) is 18.9. The van der Waals surface area contributed by atoms with E-state index in [9.17, 15) is 14.4 Å². The molecule has 1 aromatic rings. The van der Waals surface area contributed by atoms with Gasteiger partial charge in [0.15, 0.2) is 0 Å². The molecule has 1 fully saturated rings. The minimum Gasteiger partial charge on any atom is -0.353 e. The topological polar surface area (TPSA) is 78.5 Å². The second-order valence-electron chi connectivity index (χ2n) is 4.31. The number of piperazine rings is 1. The summed E-state index contributed by atoms with van der Waals surface area (Å²) in [6.07, 6.45) is 0. The van der Waals surface area contributed by atoms with E-state index in [1.807, 2.05) is 0 Å². The van der Waals surface area contributed by atoms with Crippen molar-refractivity contribution in [1.29, 1.82) is 0 Å². The molecule has 0 aromatic carbocycles. The molecular weight excluding hydrogens is 266 g/mol. The molecule has 6 nitrogen and oxygen atoms in total. The molecule has 3 amide bonds. The molecule has 2 N–H and O–H groups in total. The number of amides is 3. The van der Waals surface area contributed by atoms with Gasteiger partial charge in [-0.1, -0.05) is 0 Å². The van der Waals surface area contributed by atoms with Crippen molar-refractivity contribution in [2.24, 2.45) is 0 Å². The van der Waals surface area contributed by atoms with Crippen LogP contribution in [0.15, 0.2) is 12.1 Å². The van der Waals surface area contributed by atoms with Gasteiger partial charge in [-0.15, -0.1) is 11.3 Å². The number of anilines is 1. The summed E-state index contributed by atoms with van der Waals surface area (Å²) in [4.78, 5) is 36.8. The van der Waals surface area contributed by atoms with Crippen LogP contribution in [0.3, 0.4) is 0 Å². The molecule has 0 aliphatic carbocycles. The lowest BCUT2D eigenvalue weighted by Crippen LogP contribution is -2.55. The molecule has 1 aromatic heterocycles. The van der Waals surface area contributed by atoms with Crippen LogP contribution >= 0.6 is 11.3 Å². The van der Waals surface area contributed by atoms with Crippen LogP contribution in [0.5, 0.6) is 0 Å². The number of thiophene rings is 1. The number of nitrogens with one attached hydrogen (secondary N) is 2. The molecule has 0 spiro atoms. The lowest BCUT2D eigenvalue weighted by atomic mass is 10.2. The third-order valence-electron chi connectivity index (χ3n) is 2.88. The molecule has 2 heterocycles. The van der Waals surface area contributed by atoms with Crippen LogP contribution in [-0.4, -0.2) is 41.8 Å². The van der Waals surface area contributed by atoms with Gasteiger partial charge in [-0.25, -0.2) is 0 Å². The zero-order valence-electron chi connectivity index (χ0n) is 10.7. The number of rotatable bonds is 2. The molecule has 102 valence electrons. The molecule has 1 atom stereocenters. The molecule has 19 heavy (non-hydrogen) atoms. The number of hydrogen-bond acceptors (Lipinski definition) is 4. The molecular formula is C12H15N3O3S. The highest BCUT2D eigenvalue weighted by atomic mass is 32.1. The van der Waals surface area contributed by atoms with E-state index >= 15 is 0 Å². The maximum Gasteiger partial charge on any atom is 0.264 e. The zero-order valence-corrected chi connectivity index (χ0v) is 11.5. The van der Waals surface area contributed by atoms with Crippen molar-refractivity contribution in [3.8, 4) is 0 Å². The smallest absolute Gasteiger partial charge is 0.264 e. The highest BCUT2D eigenvalue weighted by Crippen LogP contribution is 2.24. The Morgan fingerprint density at radius 2 is 2.21 bits per heavy atom. The van der Waals surface area contributed by atoms with Crippen LogP contribution < -0.4 is 10.6 Å². The second-order valence-corrected chi connectivity index (χ2v) is 5.39. The number of hydrogen-bond donors (Lipinski definition) is 2. The molecule has 7 heteroatoms. The van der Waals surface area contributed by atoms with Gasteiger partial charge >= 0.3 is 0 Å². The monoisotopic (exact) mass is 281 g/mol. The van der Waals surface area contributed by atoms with Crippen molar-refractivity contribution in [2.75, 3.05) is 18.4 Å². The summed E-state index contributed by atoms with van der Waals surface area (Å²) in [7, 11) is 0. The highest BCUT2D eigenvalue weighted by molar-refractivity contribution is 7.18. The average molecular weight is 281 g/mol. The van der Waals surface area contributed by atoms with Crippen LogP contribution in [-0.2, 0) is 9.59 Å². The van der Waals surface area contributed by atoms with Crippen molar-refractivity contribution in [3.05, 3.63) is 17.0 Å². The van der Waals surface area contributed by atoms with Crippen LogP contribution in [0.1, 0.15) is 23.5 Å². The predicted octanol–water partition coefficient (Wildman–Crippen LogP) is 0.667. The zero-order chi connectivity index (χ0) is 14.0. The molecule has 1 saturated heterocycles. The number of carbonyl (C=O) groups is 3. The van der Waals surface area contributed by atoms with E-state index in [1.165, 1.54) is 18.3 Å². The summed E-state index contributed by atoms with van der Waals surface area (Å²) in [5.41, 5.74) is 0. The van der Waals surface area contributed by atoms with E-state index in [-0.39, 0.29) is 17.7 Å². The van der Waals surface area contributed by atoms with Crippen LogP contribution in [0, 0.1) is 0 Å². The summed E-state index contributed by atoms with van der Waals surface area (Å²) >= 11 is 1.21. The lowest BCUT2D eigenvalue weighted by Gasteiger charge is -2.32. The van der Waals surface area contributed by atoms with Gasteiger partial charge in [0.05, 0.1) is 9.88 Å². The standard InChI is InChI=1S/C12H15N3O3S/c1-7-11(17)13-5-6-15(7)12(18)9-3-4-10(19-9)14-8(2)16/h3-4,7H,5-6H2,1-2H3,(H,13,17)(H,14,16). The SMILES string of the molecule is CC(=O)Nc1ccc(C(=O)N2CCNC(=O)C2C)s1. The van der Waals surface area contributed by atoms with Crippen LogP contribution in [0.4, 0.5) is 5.00 Å². The fourth-order valence-corrected chi connectivity index (χ4v) is 2.80. The summed E-state index contributed by atoms with van der Waals surface area (Å²) in [5, 5.41) is 5.98. The Bertz CT molecular complexity index is 526. The van der Waals surface area contributed by atoms with Crippen molar-refractivity contribution in [2.45, 2.75) is 19.9 Å². The van der Waals surface area contributed by atoms with E-state index in [1.54, 1.807) is 24.0 Å². The molecule has 1 unspecified atom stereocenters. The molecule has 0 saturated carbocycles. The van der Waals surface area contributed by atoms with Crippen LogP contribution in [0.25, 0.3) is 0 Å². The van der Waals surface area contributed by atoms with Crippen molar-refractivity contribution >= 4 is 34.1 Å². The molecule has 1 aliphatic heterocycles. The first-order valence-corrected chi connectivity index (χ1v) is 6.77. The maximum atomic E-state index is 12.3. The average Bonchev–Trinajstić information content (AvgIpc) is 2.79. The first-order chi connectivity index (χ1) is 8.99. The van der Waals surface area contributed by atoms with Gasteiger partial charge in [0.25, 0.3) is 5.91 Å². The third kappa shape index (κ3) is 2.93. The van der Waals surface area contributed by atoms with Crippen molar-refractivity contribution in [3.63, 3.8) is 0 Å². The molecule has 2 rings (SSSR count). The first kappa shape index (κ1) is 13.5. The fourth-order valence-electron chi connectivity index (χ4n) is 1.89. The van der Waals surface area contributed by atoms with E-state index in [0.717, 1.165) is 0 Å². The fraction of sp³-hybridized carbons (Fsp3) is 0.417. The quantitative estimate of drug-likeness (QED) is 0.836. The van der Waals surface area contributed by atoms with E-state index in [0.29, 0.717) is 23.0 Å². The van der Waals surface area contributed by atoms with Crippen molar-refractivity contribution in [1.82, 2.24) is 10.2 Å². The number of nitrogens with zero attached hydrogens (tertiary/aromatic N) is 1. The number of carbonyl (C=O) groups excluding carboxylic acids is 3. The van der Waals surface area contributed by atoms with E-state index in [4.69, 9.17) is 0 Å². The first-order valence-electron chi connectivity index (χ1n) is 5.95. The van der Waals surface area contributed by atoms with Gasteiger partial charge in [0.2, 0.25) is 11.8 Å². The Morgan fingerprint density at radius 1 is 1.47 bits per heavy atom. The minimum absolute atomic E-state index is 0.141. The Hall–Kier alpha value is -1.89. The van der Waals surface area contributed by atoms with Gasteiger partial charge in [-0.2, -0.15) is 0 Å². The molecule has 0 radical (unpaired) electrons. The minimum atomic E-state index is -0.465. The van der Waals surface area contributed by atoms with Crippen LogP contribution in [0.2, 0.25) is 0 Å². The third-order valence-corrected chi connectivity index (χ3v) is 3.86. The Balaban J connectivity index is 2.12. The summed E-state index contributed by atoms with van der Waals surface area (Å²) in [5.74, 6) is -0.492. The van der Waals surface area contributed by atoms with Gasteiger partial charge in [0.1, 0.15) is 6.04 Å². The predicted molar refractivity (Wildman–Crippen MR) is 72.1 cm³/mol. The van der Waals surface area contributed by atoms with Crippen molar-refractivity contribution < 1.29 is 14.4 Å². The van der Waals surface area contributed by atoms with Gasteiger partial charge in [0, 0.05) is 20.0 Å².